The van der Waals surface area contributed by atoms with Crippen LogP contribution in [0.15, 0.2) is 42.5 Å². The first kappa shape index (κ1) is 28.8. The molecule has 1 saturated carbocycles. The Bertz CT molecular complexity index is 1200. The fraction of sp³-hybridized carbons (Fsp3) is 0.481. The van der Waals surface area contributed by atoms with Crippen LogP contribution in [0.2, 0.25) is 5.02 Å². The zero-order valence-corrected chi connectivity index (χ0v) is 23.4. The molecule has 3 rings (SSSR count). The van der Waals surface area contributed by atoms with Crippen molar-refractivity contribution >= 4 is 39.1 Å². The number of carbonyl (C=O) groups is 2. The van der Waals surface area contributed by atoms with Gasteiger partial charge in [0.15, 0.2) is 0 Å². The van der Waals surface area contributed by atoms with Crippen molar-refractivity contribution in [2.75, 3.05) is 24.2 Å². The van der Waals surface area contributed by atoms with Crippen LogP contribution in [0.25, 0.3) is 0 Å². The highest BCUT2D eigenvalue weighted by Gasteiger charge is 2.33. The molecule has 1 N–H and O–H groups in total. The lowest BCUT2D eigenvalue weighted by Gasteiger charge is -2.33. The molecule has 2 aromatic carbocycles. The number of nitrogens with one attached hydrogen (secondary N) is 1. The van der Waals surface area contributed by atoms with Crippen molar-refractivity contribution in [3.05, 3.63) is 58.6 Å². The number of carbonyl (C=O) groups excluding carboxylic acids is 2. The molecule has 202 valence electrons. The molecule has 0 bridgehead atoms. The number of halogens is 1. The lowest BCUT2D eigenvalue weighted by atomic mass is 10.1. The van der Waals surface area contributed by atoms with Gasteiger partial charge in [-0.25, -0.2) is 8.42 Å². The quantitative estimate of drug-likeness (QED) is 0.451. The number of methoxy groups -OCH3 is 1. The molecule has 10 heteroatoms. The van der Waals surface area contributed by atoms with Crippen LogP contribution < -0.4 is 14.4 Å². The van der Waals surface area contributed by atoms with E-state index in [1.54, 1.807) is 44.4 Å². The fourth-order valence-electron chi connectivity index (χ4n) is 4.68. The van der Waals surface area contributed by atoms with E-state index in [2.05, 4.69) is 5.32 Å². The summed E-state index contributed by atoms with van der Waals surface area (Å²) < 4.78 is 31.9. The molecule has 0 radical (unpaired) electrons. The third kappa shape index (κ3) is 7.38. The second-order valence-electron chi connectivity index (χ2n) is 9.44. The SMILES string of the molecule is CC[C@H](C(=O)NC1CCCC1)N(Cc1ccc(OC)cc1)C(=O)CN(c1cccc(Cl)c1C)S(C)(=O)=O. The fourth-order valence-corrected chi connectivity index (χ4v) is 5.75. The number of amides is 2. The first-order valence-corrected chi connectivity index (χ1v) is 14.7. The Morgan fingerprint density at radius 3 is 2.35 bits per heavy atom. The minimum absolute atomic E-state index is 0.0983. The molecular formula is C27H36ClN3O5S. The normalized spacial score (nSPS) is 14.7. The van der Waals surface area contributed by atoms with Crippen molar-refractivity contribution in [2.45, 2.75) is 64.6 Å². The van der Waals surface area contributed by atoms with Crippen LogP contribution in [0.5, 0.6) is 5.75 Å². The first-order chi connectivity index (χ1) is 17.5. The Kier molecular flexibility index (Phi) is 9.84. The van der Waals surface area contributed by atoms with Crippen LogP contribution in [-0.2, 0) is 26.2 Å². The maximum atomic E-state index is 13.8. The van der Waals surface area contributed by atoms with Gasteiger partial charge < -0.3 is 15.0 Å². The molecule has 1 atom stereocenters. The zero-order valence-electron chi connectivity index (χ0n) is 21.9. The molecule has 2 amide bonds. The highest BCUT2D eigenvalue weighted by Crippen LogP contribution is 2.29. The second-order valence-corrected chi connectivity index (χ2v) is 11.8. The number of hydrogen-bond acceptors (Lipinski definition) is 5. The summed E-state index contributed by atoms with van der Waals surface area (Å²) >= 11 is 6.25. The number of benzene rings is 2. The molecule has 0 heterocycles. The van der Waals surface area contributed by atoms with Gasteiger partial charge in [-0.1, -0.05) is 49.6 Å². The molecule has 0 aliphatic heterocycles. The lowest BCUT2D eigenvalue weighted by molar-refractivity contribution is -0.140. The number of sulfonamides is 1. The maximum Gasteiger partial charge on any atom is 0.244 e. The predicted octanol–water partition coefficient (Wildman–Crippen LogP) is 4.29. The number of hydrogen-bond donors (Lipinski definition) is 1. The van der Waals surface area contributed by atoms with E-state index in [9.17, 15) is 18.0 Å². The number of rotatable bonds is 11. The van der Waals surface area contributed by atoms with E-state index < -0.39 is 28.5 Å². The van der Waals surface area contributed by atoms with Crippen molar-refractivity contribution in [1.82, 2.24) is 10.2 Å². The summed E-state index contributed by atoms with van der Waals surface area (Å²) in [6, 6.07) is 11.5. The zero-order chi connectivity index (χ0) is 27.2. The molecule has 0 unspecified atom stereocenters. The van der Waals surface area contributed by atoms with Crippen LogP contribution in [0.4, 0.5) is 5.69 Å². The summed E-state index contributed by atoms with van der Waals surface area (Å²) in [6.45, 7) is 3.25. The van der Waals surface area contributed by atoms with Crippen molar-refractivity contribution in [1.29, 1.82) is 0 Å². The summed E-state index contributed by atoms with van der Waals surface area (Å²) in [5, 5.41) is 3.50. The van der Waals surface area contributed by atoms with E-state index in [-0.39, 0.29) is 18.5 Å². The van der Waals surface area contributed by atoms with E-state index in [1.165, 1.54) is 4.90 Å². The molecule has 37 heavy (non-hydrogen) atoms. The summed E-state index contributed by atoms with van der Waals surface area (Å²) in [5.74, 6) is -0.0255. The van der Waals surface area contributed by atoms with Crippen LogP contribution in [0.1, 0.15) is 50.2 Å². The van der Waals surface area contributed by atoms with Gasteiger partial charge in [0.25, 0.3) is 0 Å². The summed E-state index contributed by atoms with van der Waals surface area (Å²) in [7, 11) is -2.26. The molecule has 1 aliphatic rings. The third-order valence-corrected chi connectivity index (χ3v) is 8.32. The van der Waals surface area contributed by atoms with E-state index >= 15 is 0 Å². The molecule has 8 nitrogen and oxygen atoms in total. The number of ether oxygens (including phenoxy) is 1. The molecule has 0 spiro atoms. The molecule has 0 saturated heterocycles. The topological polar surface area (TPSA) is 96.0 Å². The summed E-state index contributed by atoms with van der Waals surface area (Å²) in [5.41, 5.74) is 1.68. The summed E-state index contributed by atoms with van der Waals surface area (Å²) in [6.07, 6.45) is 5.42. The molecule has 2 aromatic rings. The Morgan fingerprint density at radius 1 is 1.14 bits per heavy atom. The average Bonchev–Trinajstić information content (AvgIpc) is 3.37. The molecule has 1 aliphatic carbocycles. The number of anilines is 1. The van der Waals surface area contributed by atoms with Crippen LogP contribution in [0, 0.1) is 6.92 Å². The predicted molar refractivity (Wildman–Crippen MR) is 146 cm³/mol. The standard InChI is InChI=1S/C27H36ClN3O5S/c1-5-24(27(33)29-21-9-6-7-10-21)30(17-20-13-15-22(36-3)16-14-20)26(32)18-31(37(4,34)35)25-12-8-11-23(28)19(25)2/h8,11-16,21,24H,5-7,9-10,17-18H2,1-4H3,(H,29,33)/t24-/m1/s1. The number of nitrogens with zero attached hydrogens (tertiary/aromatic N) is 2. The van der Waals surface area contributed by atoms with E-state index in [1.807, 2.05) is 19.1 Å². The summed E-state index contributed by atoms with van der Waals surface area (Å²) in [4.78, 5) is 28.6. The Balaban J connectivity index is 1.95. The van der Waals surface area contributed by atoms with Gasteiger partial charge in [-0.15, -0.1) is 0 Å². The van der Waals surface area contributed by atoms with E-state index in [0.717, 1.165) is 41.8 Å². The van der Waals surface area contributed by atoms with Gasteiger partial charge in [-0.2, -0.15) is 0 Å². The smallest absolute Gasteiger partial charge is 0.244 e. The molecular weight excluding hydrogens is 514 g/mol. The van der Waals surface area contributed by atoms with Crippen molar-refractivity contribution in [2.24, 2.45) is 0 Å². The van der Waals surface area contributed by atoms with Crippen LogP contribution in [-0.4, -0.2) is 57.1 Å². The monoisotopic (exact) mass is 549 g/mol. The largest absolute Gasteiger partial charge is 0.497 e. The Hall–Kier alpha value is -2.78. The van der Waals surface area contributed by atoms with Crippen LogP contribution >= 0.6 is 11.6 Å². The molecule has 1 fully saturated rings. The lowest BCUT2D eigenvalue weighted by Crippen LogP contribution is -2.53. The Labute approximate surface area is 225 Å². The second kappa shape index (κ2) is 12.6. The van der Waals surface area contributed by atoms with Gasteiger partial charge in [-0.05, 0) is 61.6 Å². The van der Waals surface area contributed by atoms with Gasteiger partial charge in [0.05, 0.1) is 19.1 Å². The van der Waals surface area contributed by atoms with Crippen molar-refractivity contribution in [3.63, 3.8) is 0 Å². The van der Waals surface area contributed by atoms with Crippen molar-refractivity contribution < 1.29 is 22.7 Å². The maximum absolute atomic E-state index is 13.8. The van der Waals surface area contributed by atoms with Gasteiger partial charge in [0.1, 0.15) is 18.3 Å². The average molecular weight is 550 g/mol. The van der Waals surface area contributed by atoms with Gasteiger partial charge in [-0.3, -0.25) is 13.9 Å². The van der Waals surface area contributed by atoms with Gasteiger partial charge in [0, 0.05) is 17.6 Å². The van der Waals surface area contributed by atoms with E-state index in [0.29, 0.717) is 28.4 Å². The van der Waals surface area contributed by atoms with Crippen molar-refractivity contribution in [3.8, 4) is 5.75 Å². The highest BCUT2D eigenvalue weighted by atomic mass is 35.5. The highest BCUT2D eigenvalue weighted by molar-refractivity contribution is 7.92. The van der Waals surface area contributed by atoms with Crippen LogP contribution in [0.3, 0.4) is 0 Å². The van der Waals surface area contributed by atoms with Gasteiger partial charge >= 0.3 is 0 Å². The minimum Gasteiger partial charge on any atom is -0.497 e. The Morgan fingerprint density at radius 2 is 1.78 bits per heavy atom. The van der Waals surface area contributed by atoms with E-state index in [4.69, 9.17) is 16.3 Å². The van der Waals surface area contributed by atoms with Gasteiger partial charge in [0.2, 0.25) is 21.8 Å². The molecule has 0 aromatic heterocycles. The first-order valence-electron chi connectivity index (χ1n) is 12.5. The minimum atomic E-state index is -3.83. The third-order valence-electron chi connectivity index (χ3n) is 6.79.